The minimum absolute atomic E-state index is 0.268. The van der Waals surface area contributed by atoms with Crippen LogP contribution in [0.2, 0.25) is 0 Å². The van der Waals surface area contributed by atoms with Crippen LogP contribution < -0.4 is 16.8 Å². The Morgan fingerprint density at radius 1 is 1.40 bits per heavy atom. The van der Waals surface area contributed by atoms with Gasteiger partial charge in [0.15, 0.2) is 5.58 Å². The lowest BCUT2D eigenvalue weighted by molar-refractivity contribution is -0.119. The fraction of sp³-hybridized carbons (Fsp3) is 0.429. The number of nitrogens with two attached hydrogens (primary N) is 1. The Labute approximate surface area is 116 Å². The van der Waals surface area contributed by atoms with Gasteiger partial charge in [-0.1, -0.05) is 20.8 Å². The minimum Gasteiger partial charge on any atom is -0.408 e. The summed E-state index contributed by atoms with van der Waals surface area (Å²) >= 11 is 0. The van der Waals surface area contributed by atoms with E-state index in [-0.39, 0.29) is 11.3 Å². The summed E-state index contributed by atoms with van der Waals surface area (Å²) in [5.41, 5.74) is 7.22. The molecular weight excluding hydrogens is 258 g/mol. The van der Waals surface area contributed by atoms with Gasteiger partial charge in [-0.25, -0.2) is 4.79 Å². The lowest BCUT2D eigenvalue weighted by atomic mass is 9.87. The maximum absolute atomic E-state index is 12.0. The predicted molar refractivity (Wildman–Crippen MR) is 77.5 cm³/mol. The molecule has 1 atom stereocenters. The van der Waals surface area contributed by atoms with Gasteiger partial charge in [0, 0.05) is 18.8 Å². The normalized spacial score (nSPS) is 13.4. The van der Waals surface area contributed by atoms with Crippen LogP contribution in [0.25, 0.3) is 11.1 Å². The fourth-order valence-electron chi connectivity index (χ4n) is 1.82. The summed E-state index contributed by atoms with van der Waals surface area (Å²) in [6.45, 7) is 5.70. The molecule has 0 aliphatic carbocycles. The third-order valence-corrected chi connectivity index (χ3v) is 3.28. The molecule has 2 rings (SSSR count). The van der Waals surface area contributed by atoms with Crippen LogP contribution in [0.5, 0.6) is 0 Å². The third-order valence-electron chi connectivity index (χ3n) is 3.28. The Morgan fingerprint density at radius 2 is 2.05 bits per heavy atom. The highest BCUT2D eigenvalue weighted by Crippen LogP contribution is 2.21. The number of nitrogens with one attached hydrogen (secondary N) is 1. The fourth-order valence-corrected chi connectivity index (χ4v) is 1.82. The molecule has 6 heteroatoms. The smallest absolute Gasteiger partial charge is 0.408 e. The zero-order chi connectivity index (χ0) is 15.1. The maximum Gasteiger partial charge on any atom is 0.419 e. The summed E-state index contributed by atoms with van der Waals surface area (Å²) in [6.07, 6.45) is 0. The second-order valence-electron chi connectivity index (χ2n) is 5.94. The zero-order valence-corrected chi connectivity index (χ0v) is 12.1. The van der Waals surface area contributed by atoms with Gasteiger partial charge in [-0.05, 0) is 17.5 Å². The molecular formula is C14H19N3O3. The Bertz CT molecular complexity index is 707. The highest BCUT2D eigenvalue weighted by atomic mass is 16.4. The van der Waals surface area contributed by atoms with Crippen molar-refractivity contribution in [3.05, 3.63) is 28.7 Å². The van der Waals surface area contributed by atoms with Crippen molar-refractivity contribution in [2.45, 2.75) is 26.8 Å². The largest absolute Gasteiger partial charge is 0.419 e. The molecule has 0 fully saturated rings. The summed E-state index contributed by atoms with van der Waals surface area (Å²) in [5.74, 6) is -0.704. The molecule has 0 spiro atoms. The topological polar surface area (TPSA) is 90.3 Å². The zero-order valence-electron chi connectivity index (χ0n) is 12.1. The quantitative estimate of drug-likeness (QED) is 0.869. The lowest BCUT2D eigenvalue weighted by Crippen LogP contribution is -2.45. The molecule has 0 bridgehead atoms. The molecule has 0 aliphatic rings. The summed E-state index contributed by atoms with van der Waals surface area (Å²) < 4.78 is 6.48. The van der Waals surface area contributed by atoms with Crippen LogP contribution in [-0.2, 0) is 11.8 Å². The number of amides is 1. The average molecular weight is 277 g/mol. The van der Waals surface area contributed by atoms with Crippen molar-refractivity contribution < 1.29 is 9.21 Å². The van der Waals surface area contributed by atoms with Gasteiger partial charge in [-0.2, -0.15) is 0 Å². The minimum atomic E-state index is -0.624. The van der Waals surface area contributed by atoms with Crippen molar-refractivity contribution >= 4 is 22.7 Å². The van der Waals surface area contributed by atoms with Crippen molar-refractivity contribution in [3.63, 3.8) is 0 Å². The number of carbonyl (C=O) groups is 1. The number of nitrogens with zero attached hydrogens (tertiary/aromatic N) is 1. The number of aryl methyl sites for hydroxylation is 1. The Hall–Kier alpha value is -2.08. The first-order chi connectivity index (χ1) is 9.20. The number of benzene rings is 1. The number of anilines is 1. The van der Waals surface area contributed by atoms with Gasteiger partial charge in [0.05, 0.1) is 11.6 Å². The molecule has 0 saturated carbocycles. The van der Waals surface area contributed by atoms with Crippen LogP contribution in [0.1, 0.15) is 20.8 Å². The van der Waals surface area contributed by atoms with Crippen molar-refractivity contribution in [1.29, 1.82) is 0 Å². The molecule has 1 heterocycles. The molecule has 6 nitrogen and oxygen atoms in total. The van der Waals surface area contributed by atoms with E-state index in [4.69, 9.17) is 10.2 Å². The second-order valence-corrected chi connectivity index (χ2v) is 5.94. The van der Waals surface area contributed by atoms with Gasteiger partial charge in [-0.15, -0.1) is 0 Å². The number of hydrogen-bond acceptors (Lipinski definition) is 4. The lowest BCUT2D eigenvalue weighted by Gasteiger charge is -2.25. The molecule has 0 radical (unpaired) electrons. The summed E-state index contributed by atoms with van der Waals surface area (Å²) in [5, 5.41) is 2.73. The van der Waals surface area contributed by atoms with E-state index in [1.54, 1.807) is 25.2 Å². The van der Waals surface area contributed by atoms with Crippen LogP contribution in [0.4, 0.5) is 5.69 Å². The monoisotopic (exact) mass is 277 g/mol. The van der Waals surface area contributed by atoms with E-state index in [1.807, 2.05) is 20.8 Å². The van der Waals surface area contributed by atoms with E-state index in [0.717, 1.165) is 0 Å². The number of carbonyl (C=O) groups excluding carboxylic acids is 1. The van der Waals surface area contributed by atoms with Crippen molar-refractivity contribution in [1.82, 2.24) is 4.57 Å². The van der Waals surface area contributed by atoms with E-state index in [9.17, 15) is 9.59 Å². The van der Waals surface area contributed by atoms with Gasteiger partial charge >= 0.3 is 5.76 Å². The van der Waals surface area contributed by atoms with Crippen molar-refractivity contribution in [2.75, 3.05) is 5.32 Å². The third kappa shape index (κ3) is 2.60. The van der Waals surface area contributed by atoms with Crippen LogP contribution in [-0.4, -0.2) is 16.5 Å². The van der Waals surface area contributed by atoms with E-state index in [1.165, 1.54) is 4.57 Å². The van der Waals surface area contributed by atoms with Crippen LogP contribution in [0.3, 0.4) is 0 Å². The Kier molecular flexibility index (Phi) is 3.43. The van der Waals surface area contributed by atoms with Crippen LogP contribution in [0, 0.1) is 5.41 Å². The van der Waals surface area contributed by atoms with E-state index >= 15 is 0 Å². The maximum atomic E-state index is 12.0. The SMILES string of the molecule is Cn1c(=O)oc2cc(NC(=O)[C@@H](N)C(C)(C)C)ccc21. The molecule has 0 unspecified atom stereocenters. The number of oxazole rings is 1. The van der Waals surface area contributed by atoms with Crippen LogP contribution >= 0.6 is 0 Å². The van der Waals surface area contributed by atoms with Gasteiger partial charge in [0.2, 0.25) is 5.91 Å². The van der Waals surface area contributed by atoms with Crippen molar-refractivity contribution in [2.24, 2.45) is 18.2 Å². The molecule has 3 N–H and O–H groups in total. The first-order valence-electron chi connectivity index (χ1n) is 6.36. The average Bonchev–Trinajstić information content (AvgIpc) is 2.62. The van der Waals surface area contributed by atoms with Gasteiger partial charge in [0.25, 0.3) is 0 Å². The molecule has 2 aromatic rings. The molecule has 1 aromatic heterocycles. The standard InChI is InChI=1S/C14H19N3O3/c1-14(2,3)11(15)12(18)16-8-5-6-9-10(7-8)20-13(19)17(9)4/h5-7,11H,15H2,1-4H3,(H,16,18)/t11-/m1/s1. The number of rotatable bonds is 2. The summed E-state index contributed by atoms with van der Waals surface area (Å²) in [4.78, 5) is 23.4. The Balaban J connectivity index is 2.27. The van der Waals surface area contributed by atoms with Gasteiger partial charge in [-0.3, -0.25) is 9.36 Å². The van der Waals surface area contributed by atoms with E-state index < -0.39 is 11.8 Å². The molecule has 1 aromatic carbocycles. The molecule has 1 amide bonds. The Morgan fingerprint density at radius 3 is 2.65 bits per heavy atom. The van der Waals surface area contributed by atoms with Gasteiger partial charge < -0.3 is 15.5 Å². The number of aromatic nitrogens is 1. The first-order valence-corrected chi connectivity index (χ1v) is 6.36. The number of hydrogen-bond donors (Lipinski definition) is 2. The molecule has 0 aliphatic heterocycles. The summed E-state index contributed by atoms with van der Waals surface area (Å²) in [7, 11) is 1.63. The predicted octanol–water partition coefficient (Wildman–Crippen LogP) is 1.44. The first kappa shape index (κ1) is 14.3. The van der Waals surface area contributed by atoms with Crippen molar-refractivity contribution in [3.8, 4) is 0 Å². The molecule has 20 heavy (non-hydrogen) atoms. The highest BCUT2D eigenvalue weighted by Gasteiger charge is 2.27. The van der Waals surface area contributed by atoms with Crippen LogP contribution in [0.15, 0.2) is 27.4 Å². The van der Waals surface area contributed by atoms with E-state index in [2.05, 4.69) is 5.32 Å². The number of fused-ring (bicyclic) bond motifs is 1. The highest BCUT2D eigenvalue weighted by molar-refractivity contribution is 5.96. The molecule has 108 valence electrons. The second kappa shape index (κ2) is 4.79. The molecule has 0 saturated heterocycles. The van der Waals surface area contributed by atoms with Gasteiger partial charge in [0.1, 0.15) is 0 Å². The summed E-state index contributed by atoms with van der Waals surface area (Å²) in [6, 6.07) is 4.42. The van der Waals surface area contributed by atoms with E-state index in [0.29, 0.717) is 16.8 Å².